The van der Waals surface area contributed by atoms with Gasteiger partial charge in [-0.15, -0.1) is 0 Å². The van der Waals surface area contributed by atoms with E-state index in [1.807, 2.05) is 31.3 Å². The smallest absolute Gasteiger partial charge is 0.271 e. The molecule has 2 saturated heterocycles. The van der Waals surface area contributed by atoms with E-state index in [1.54, 1.807) is 35.2 Å². The van der Waals surface area contributed by atoms with Crippen LogP contribution >= 0.6 is 11.6 Å². The SMILES string of the molecule is CN1CCO[C@H](COc2cc(-c3ccc(N4CCC(C)(NC(=O)c5ncccc5Cl)CC4)nc3)c3c(C#N)cnn3c2)C1. The number of likely N-dealkylation sites (N-methyl/N-ethyl adjacent to an activating group) is 1. The third kappa shape index (κ3) is 6.27. The van der Waals surface area contributed by atoms with Gasteiger partial charge in [0.1, 0.15) is 36.0 Å². The lowest BCUT2D eigenvalue weighted by atomic mass is 9.89. The van der Waals surface area contributed by atoms with Gasteiger partial charge in [0.25, 0.3) is 5.91 Å². The molecule has 0 saturated carbocycles. The van der Waals surface area contributed by atoms with Crippen LogP contribution in [-0.4, -0.2) is 88.5 Å². The minimum absolute atomic E-state index is 0.0151. The molecule has 12 heteroatoms. The van der Waals surface area contributed by atoms with E-state index in [-0.39, 0.29) is 23.2 Å². The Morgan fingerprint density at radius 1 is 1.23 bits per heavy atom. The number of carbonyl (C=O) groups excluding carboxylic acids is 1. The van der Waals surface area contributed by atoms with Crippen LogP contribution in [0.15, 0.2) is 55.1 Å². The summed E-state index contributed by atoms with van der Waals surface area (Å²) in [5.41, 5.74) is 2.71. The number of halogens is 1. The molecule has 2 aliphatic rings. The van der Waals surface area contributed by atoms with Crippen LogP contribution in [-0.2, 0) is 4.74 Å². The molecule has 6 heterocycles. The van der Waals surface area contributed by atoms with E-state index in [1.165, 1.54) is 0 Å². The number of morpholine rings is 1. The Hall–Kier alpha value is -4.24. The van der Waals surface area contributed by atoms with E-state index in [9.17, 15) is 10.1 Å². The van der Waals surface area contributed by atoms with Crippen molar-refractivity contribution in [3.05, 3.63) is 71.4 Å². The van der Waals surface area contributed by atoms with Crippen molar-refractivity contribution < 1.29 is 14.3 Å². The maximum atomic E-state index is 12.8. The molecule has 1 N–H and O–H groups in total. The molecule has 4 aromatic rings. The largest absolute Gasteiger partial charge is 0.489 e. The minimum Gasteiger partial charge on any atom is -0.489 e. The Balaban J connectivity index is 1.16. The number of ether oxygens (including phenoxy) is 2. The van der Waals surface area contributed by atoms with Gasteiger partial charge in [0, 0.05) is 55.2 Å². The highest BCUT2D eigenvalue weighted by Crippen LogP contribution is 2.32. The van der Waals surface area contributed by atoms with Crippen molar-refractivity contribution in [2.24, 2.45) is 0 Å². The first-order valence-corrected chi connectivity index (χ1v) is 14.7. The fourth-order valence-electron chi connectivity index (χ4n) is 5.61. The summed E-state index contributed by atoms with van der Waals surface area (Å²) in [6.45, 7) is 6.33. The van der Waals surface area contributed by atoms with E-state index in [0.717, 1.165) is 56.0 Å². The molecule has 1 atom stereocenters. The second kappa shape index (κ2) is 12.2. The Labute approximate surface area is 255 Å². The number of anilines is 1. The molecule has 0 spiro atoms. The van der Waals surface area contributed by atoms with Crippen molar-refractivity contribution in [1.29, 1.82) is 5.26 Å². The second-order valence-corrected chi connectivity index (χ2v) is 11.8. The normalized spacial score (nSPS) is 18.7. The van der Waals surface area contributed by atoms with Gasteiger partial charge in [0.2, 0.25) is 0 Å². The first kappa shape index (κ1) is 28.9. The molecule has 43 heavy (non-hydrogen) atoms. The summed E-state index contributed by atoms with van der Waals surface area (Å²) >= 11 is 6.17. The van der Waals surface area contributed by atoms with Crippen molar-refractivity contribution in [3.63, 3.8) is 0 Å². The standard InChI is InChI=1S/C31H33ClN8O3/c1-31(37-30(41)28-26(32)4-3-9-34-28)7-10-39(11-8-31)27-6-5-21(16-35-27)25-14-23(19-40-29(25)22(15-33)17-36-40)43-20-24-18-38(2)12-13-42-24/h3-6,9,14,16-17,19,24H,7-8,10-13,18,20H2,1-2H3,(H,37,41)/t24-/m0/s1. The number of rotatable bonds is 7. The average molecular weight is 601 g/mol. The van der Waals surface area contributed by atoms with Crippen molar-refractivity contribution in [2.45, 2.75) is 31.4 Å². The summed E-state index contributed by atoms with van der Waals surface area (Å²) in [5, 5.41) is 17.6. The molecule has 1 amide bonds. The number of pyridine rings is 3. The van der Waals surface area contributed by atoms with Crippen molar-refractivity contribution in [2.75, 3.05) is 51.3 Å². The number of nitriles is 1. The number of nitrogens with zero attached hydrogens (tertiary/aromatic N) is 7. The highest BCUT2D eigenvalue weighted by molar-refractivity contribution is 6.33. The fraction of sp³-hybridized carbons (Fsp3) is 0.387. The minimum atomic E-state index is -0.381. The van der Waals surface area contributed by atoms with Crippen LogP contribution in [0.2, 0.25) is 5.02 Å². The maximum Gasteiger partial charge on any atom is 0.271 e. The highest BCUT2D eigenvalue weighted by Gasteiger charge is 2.33. The second-order valence-electron chi connectivity index (χ2n) is 11.4. The van der Waals surface area contributed by atoms with Crippen LogP contribution < -0.4 is 15.0 Å². The first-order chi connectivity index (χ1) is 20.8. The third-order valence-corrected chi connectivity index (χ3v) is 8.43. The van der Waals surface area contributed by atoms with E-state index in [2.05, 4.69) is 38.3 Å². The number of hydrogen-bond donors (Lipinski definition) is 1. The predicted octanol–water partition coefficient (Wildman–Crippen LogP) is 3.81. The quantitative estimate of drug-likeness (QED) is 0.337. The molecule has 4 aromatic heterocycles. The van der Waals surface area contributed by atoms with Crippen LogP contribution in [0.3, 0.4) is 0 Å². The van der Waals surface area contributed by atoms with Gasteiger partial charge in [0.05, 0.1) is 35.1 Å². The Morgan fingerprint density at radius 2 is 2.07 bits per heavy atom. The summed E-state index contributed by atoms with van der Waals surface area (Å²) in [6.07, 6.45) is 8.21. The van der Waals surface area contributed by atoms with E-state index in [0.29, 0.717) is 35.1 Å². The molecule has 0 aliphatic carbocycles. The van der Waals surface area contributed by atoms with E-state index in [4.69, 9.17) is 26.1 Å². The Kier molecular flexibility index (Phi) is 8.17. The molecule has 11 nitrogen and oxygen atoms in total. The van der Waals surface area contributed by atoms with Crippen molar-refractivity contribution in [1.82, 2.24) is 29.8 Å². The molecular formula is C31H33ClN8O3. The molecule has 2 fully saturated rings. The third-order valence-electron chi connectivity index (χ3n) is 8.12. The van der Waals surface area contributed by atoms with Gasteiger partial charge in [-0.05, 0) is 57.1 Å². The van der Waals surface area contributed by atoms with Crippen LogP contribution in [0, 0.1) is 11.3 Å². The topological polar surface area (TPSA) is 121 Å². The lowest BCUT2D eigenvalue weighted by Crippen LogP contribution is -2.53. The van der Waals surface area contributed by atoms with Crippen LogP contribution in [0.1, 0.15) is 35.8 Å². The number of fused-ring (bicyclic) bond motifs is 1. The Morgan fingerprint density at radius 3 is 2.79 bits per heavy atom. The zero-order valence-corrected chi connectivity index (χ0v) is 24.9. The highest BCUT2D eigenvalue weighted by atomic mass is 35.5. The Bertz CT molecular complexity index is 1660. The maximum absolute atomic E-state index is 12.8. The van der Waals surface area contributed by atoms with Gasteiger partial charge in [-0.3, -0.25) is 4.79 Å². The molecular weight excluding hydrogens is 568 g/mol. The van der Waals surface area contributed by atoms with Gasteiger partial charge >= 0.3 is 0 Å². The number of aromatic nitrogens is 4. The molecule has 2 aliphatic heterocycles. The lowest BCUT2D eigenvalue weighted by Gasteiger charge is -2.40. The molecule has 222 valence electrons. The summed E-state index contributed by atoms with van der Waals surface area (Å²) in [6, 6.07) is 11.5. The summed E-state index contributed by atoms with van der Waals surface area (Å²) in [4.78, 5) is 26.2. The van der Waals surface area contributed by atoms with E-state index < -0.39 is 0 Å². The van der Waals surface area contributed by atoms with Gasteiger partial charge in [-0.25, -0.2) is 14.5 Å². The monoisotopic (exact) mass is 600 g/mol. The van der Waals surface area contributed by atoms with Crippen molar-refractivity contribution in [3.8, 4) is 22.9 Å². The average Bonchev–Trinajstić information content (AvgIpc) is 3.43. The predicted molar refractivity (Wildman–Crippen MR) is 162 cm³/mol. The van der Waals surface area contributed by atoms with Crippen LogP contribution in [0.25, 0.3) is 16.6 Å². The molecule has 6 rings (SSSR count). The number of piperidine rings is 1. The summed E-state index contributed by atoms with van der Waals surface area (Å²) in [5.74, 6) is 1.22. The number of amides is 1. The summed E-state index contributed by atoms with van der Waals surface area (Å²) in [7, 11) is 2.07. The van der Waals surface area contributed by atoms with Crippen LogP contribution in [0.4, 0.5) is 5.82 Å². The number of carbonyl (C=O) groups is 1. The fourth-order valence-corrected chi connectivity index (χ4v) is 5.81. The zero-order valence-electron chi connectivity index (χ0n) is 24.2. The van der Waals surface area contributed by atoms with Gasteiger partial charge in [-0.1, -0.05) is 11.6 Å². The molecule has 0 radical (unpaired) electrons. The van der Waals surface area contributed by atoms with Crippen molar-refractivity contribution >= 4 is 28.8 Å². The van der Waals surface area contributed by atoms with E-state index >= 15 is 0 Å². The molecule has 0 aromatic carbocycles. The lowest BCUT2D eigenvalue weighted by molar-refractivity contribution is -0.0404. The first-order valence-electron chi connectivity index (χ1n) is 14.3. The van der Waals surface area contributed by atoms with Gasteiger partial charge in [-0.2, -0.15) is 10.4 Å². The van der Waals surface area contributed by atoms with Crippen LogP contribution in [0.5, 0.6) is 5.75 Å². The van der Waals surface area contributed by atoms with Gasteiger partial charge < -0.3 is 24.6 Å². The molecule has 0 unspecified atom stereocenters. The summed E-state index contributed by atoms with van der Waals surface area (Å²) < 4.78 is 13.7. The van der Waals surface area contributed by atoms with Gasteiger partial charge in [0.15, 0.2) is 0 Å². The molecule has 0 bridgehead atoms. The number of hydrogen-bond acceptors (Lipinski definition) is 9. The number of nitrogens with one attached hydrogen (secondary N) is 1. The zero-order chi connectivity index (χ0) is 30.0.